The Morgan fingerprint density at radius 1 is 1.22 bits per heavy atom. The summed E-state index contributed by atoms with van der Waals surface area (Å²) >= 11 is 0. The van der Waals surface area contributed by atoms with Crippen molar-refractivity contribution in [3.8, 4) is 0 Å². The number of carbonyl (C=O) groups is 1. The van der Waals surface area contributed by atoms with E-state index in [2.05, 4.69) is 36.2 Å². The van der Waals surface area contributed by atoms with Crippen molar-refractivity contribution in [2.24, 2.45) is 16.8 Å². The first-order valence-corrected chi connectivity index (χ1v) is 9.81. The number of hydrogen-bond acceptors (Lipinski definition) is 5. The topological polar surface area (TPSA) is 67.9 Å². The van der Waals surface area contributed by atoms with Gasteiger partial charge in [0.2, 0.25) is 0 Å². The van der Waals surface area contributed by atoms with E-state index in [-0.39, 0.29) is 5.97 Å². The van der Waals surface area contributed by atoms with E-state index in [1.54, 1.807) is 18.9 Å². The monoisotopic (exact) mass is 367 g/mol. The molecule has 1 aromatic carbocycles. The molecule has 0 unspecified atom stereocenters. The first kappa shape index (κ1) is 19.4. The van der Waals surface area contributed by atoms with E-state index >= 15 is 0 Å². The molecule has 1 aliphatic carbocycles. The Morgan fingerprint density at radius 2 is 1.89 bits per heavy atom. The number of allylic oxidation sites excluding steroid dienone is 2. The number of aliphatic imine (C=N–C) groups is 1. The molecule has 5 nitrogen and oxygen atoms in total. The van der Waals surface area contributed by atoms with E-state index in [1.165, 1.54) is 24.8 Å². The van der Waals surface area contributed by atoms with Crippen molar-refractivity contribution < 1.29 is 9.53 Å². The Kier molecular flexibility index (Phi) is 6.11. The second-order valence-corrected chi connectivity index (χ2v) is 7.30. The molecule has 1 fully saturated rings. The molecule has 0 amide bonds. The summed E-state index contributed by atoms with van der Waals surface area (Å²) in [6.45, 7) is 5.93. The second-order valence-electron chi connectivity index (χ2n) is 7.30. The fourth-order valence-corrected chi connectivity index (χ4v) is 3.85. The van der Waals surface area contributed by atoms with Gasteiger partial charge in [-0.05, 0) is 39.2 Å². The molecule has 5 heteroatoms. The third-order valence-electron chi connectivity index (χ3n) is 5.35. The van der Waals surface area contributed by atoms with Gasteiger partial charge in [-0.15, -0.1) is 0 Å². The molecule has 0 bridgehead atoms. The molecule has 0 atom stereocenters. The fourth-order valence-electron chi connectivity index (χ4n) is 3.85. The van der Waals surface area contributed by atoms with Gasteiger partial charge >= 0.3 is 5.97 Å². The summed E-state index contributed by atoms with van der Waals surface area (Å²) in [7, 11) is 0. The summed E-state index contributed by atoms with van der Waals surface area (Å²) in [6, 6.07) is 8.43. The van der Waals surface area contributed by atoms with E-state index in [9.17, 15) is 4.79 Å². The number of nitrogens with two attached hydrogens (primary N) is 1. The summed E-state index contributed by atoms with van der Waals surface area (Å²) in [5, 5.41) is 1.62. The van der Waals surface area contributed by atoms with Crippen LogP contribution in [-0.2, 0) is 9.53 Å². The number of hydrogen-bond donors (Lipinski definition) is 1. The minimum Gasteiger partial charge on any atom is -0.463 e. The number of aryl methyl sites for hydroxylation is 1. The number of hydrazine groups is 1. The molecule has 27 heavy (non-hydrogen) atoms. The van der Waals surface area contributed by atoms with Crippen molar-refractivity contribution in [2.75, 3.05) is 6.61 Å². The van der Waals surface area contributed by atoms with Crippen LogP contribution in [0.25, 0.3) is 5.57 Å². The fraction of sp³-hybridized carbons (Fsp3) is 0.455. The van der Waals surface area contributed by atoms with E-state index in [4.69, 9.17) is 10.6 Å². The third kappa shape index (κ3) is 4.14. The minimum absolute atomic E-state index is 0.331. The van der Waals surface area contributed by atoms with Crippen LogP contribution in [0.4, 0.5) is 0 Å². The van der Waals surface area contributed by atoms with Crippen molar-refractivity contribution in [3.63, 3.8) is 0 Å². The van der Waals surface area contributed by atoms with Crippen LogP contribution in [0.1, 0.15) is 57.1 Å². The van der Waals surface area contributed by atoms with Gasteiger partial charge in [0.25, 0.3) is 0 Å². The van der Waals surface area contributed by atoms with Gasteiger partial charge in [0.05, 0.1) is 12.2 Å². The van der Waals surface area contributed by atoms with Crippen molar-refractivity contribution in [3.05, 3.63) is 52.5 Å². The van der Waals surface area contributed by atoms with Gasteiger partial charge in [0.1, 0.15) is 0 Å². The van der Waals surface area contributed by atoms with Crippen LogP contribution in [0, 0.1) is 12.8 Å². The average molecular weight is 367 g/mol. The first-order chi connectivity index (χ1) is 13.0. The zero-order valence-corrected chi connectivity index (χ0v) is 16.5. The molecular weight excluding hydrogens is 338 g/mol. The number of carbonyl (C=O) groups excluding carboxylic acids is 1. The van der Waals surface area contributed by atoms with Gasteiger partial charge in [-0.1, -0.05) is 49.1 Å². The number of nitrogens with zero attached hydrogens (tertiary/aromatic N) is 2. The smallest absolute Gasteiger partial charge is 0.337 e. The van der Waals surface area contributed by atoms with E-state index in [0.29, 0.717) is 23.9 Å². The summed E-state index contributed by atoms with van der Waals surface area (Å²) in [6.07, 6.45) is 7.76. The van der Waals surface area contributed by atoms with Gasteiger partial charge in [-0.2, -0.15) is 0 Å². The quantitative estimate of drug-likeness (QED) is 0.488. The van der Waals surface area contributed by atoms with E-state index in [0.717, 1.165) is 29.7 Å². The highest BCUT2D eigenvalue weighted by Crippen LogP contribution is 2.38. The lowest BCUT2D eigenvalue weighted by molar-refractivity contribution is -0.138. The zero-order chi connectivity index (χ0) is 19.4. The van der Waals surface area contributed by atoms with Crippen LogP contribution in [0.2, 0.25) is 0 Å². The van der Waals surface area contributed by atoms with Gasteiger partial charge < -0.3 is 4.74 Å². The summed E-state index contributed by atoms with van der Waals surface area (Å²) in [5.74, 6) is 7.02. The molecule has 1 saturated carbocycles. The molecule has 0 aromatic heterocycles. The number of ether oxygens (including phenoxy) is 1. The molecular formula is C22H29N3O2. The second kappa shape index (κ2) is 8.53. The van der Waals surface area contributed by atoms with Crippen LogP contribution in [0.3, 0.4) is 0 Å². The molecule has 1 aliphatic heterocycles. The van der Waals surface area contributed by atoms with Crippen LogP contribution in [0.5, 0.6) is 0 Å². The summed E-state index contributed by atoms with van der Waals surface area (Å²) in [4.78, 5) is 16.7. The van der Waals surface area contributed by atoms with Crippen molar-refractivity contribution in [1.82, 2.24) is 5.01 Å². The summed E-state index contributed by atoms with van der Waals surface area (Å²) < 4.78 is 5.14. The Bertz CT molecular complexity index is 784. The van der Waals surface area contributed by atoms with Crippen molar-refractivity contribution >= 4 is 17.8 Å². The number of rotatable bonds is 4. The molecule has 2 N–H and O–H groups in total. The van der Waals surface area contributed by atoms with Gasteiger partial charge in [-0.25, -0.2) is 15.6 Å². The maximum atomic E-state index is 12.2. The Balaban J connectivity index is 2.06. The molecule has 0 spiro atoms. The van der Waals surface area contributed by atoms with Crippen LogP contribution < -0.4 is 5.84 Å². The molecule has 0 radical (unpaired) electrons. The molecule has 2 aliphatic rings. The van der Waals surface area contributed by atoms with Crippen LogP contribution >= 0.6 is 0 Å². The van der Waals surface area contributed by atoms with E-state index < -0.39 is 0 Å². The molecule has 1 aromatic rings. The Labute approximate surface area is 161 Å². The lowest BCUT2D eigenvalue weighted by Crippen LogP contribution is -2.37. The zero-order valence-electron chi connectivity index (χ0n) is 16.5. The third-order valence-corrected chi connectivity index (χ3v) is 5.35. The first-order valence-electron chi connectivity index (χ1n) is 9.81. The number of benzene rings is 1. The normalized spacial score (nSPS) is 20.1. The summed E-state index contributed by atoms with van der Waals surface area (Å²) in [5.41, 5.74) is 4.87. The molecule has 144 valence electrons. The van der Waals surface area contributed by atoms with Gasteiger partial charge in [0, 0.05) is 23.4 Å². The van der Waals surface area contributed by atoms with Crippen molar-refractivity contribution in [1.29, 1.82) is 0 Å². The van der Waals surface area contributed by atoms with Gasteiger partial charge in [0.15, 0.2) is 5.82 Å². The maximum Gasteiger partial charge on any atom is 0.337 e. The standard InChI is InChI=1S/C22H29N3O2/c1-4-27-22(26)16(3)21-24-14-19(17-12-10-15(2)11-13-17)20(25(21)23)18-8-6-5-7-9-18/h10-14,18H,4-9,23H2,1-3H3/b21-16+. The van der Waals surface area contributed by atoms with Crippen LogP contribution in [0.15, 0.2) is 46.3 Å². The van der Waals surface area contributed by atoms with Crippen LogP contribution in [-0.4, -0.2) is 23.8 Å². The van der Waals surface area contributed by atoms with E-state index in [1.807, 2.05) is 6.21 Å². The SMILES string of the molecule is CCOC(=O)/C(C)=C1\N=CC(c2ccc(C)cc2)=C(C2CCCCC2)N1N. The highest BCUT2D eigenvalue weighted by molar-refractivity contribution is 6.12. The minimum atomic E-state index is -0.373. The Morgan fingerprint density at radius 3 is 2.52 bits per heavy atom. The average Bonchev–Trinajstić information content (AvgIpc) is 2.68. The lowest BCUT2D eigenvalue weighted by Gasteiger charge is -2.35. The number of esters is 1. The predicted molar refractivity (Wildman–Crippen MR) is 109 cm³/mol. The highest BCUT2D eigenvalue weighted by Gasteiger charge is 2.30. The molecule has 0 saturated heterocycles. The molecule has 3 rings (SSSR count). The van der Waals surface area contributed by atoms with Gasteiger partial charge in [-0.3, -0.25) is 5.01 Å². The predicted octanol–water partition coefficient (Wildman–Crippen LogP) is 4.34. The Hall–Kier alpha value is -2.40. The highest BCUT2D eigenvalue weighted by atomic mass is 16.5. The largest absolute Gasteiger partial charge is 0.463 e. The molecule has 1 heterocycles. The maximum absolute atomic E-state index is 12.2. The van der Waals surface area contributed by atoms with Crippen molar-refractivity contribution in [2.45, 2.75) is 52.9 Å². The lowest BCUT2D eigenvalue weighted by atomic mass is 9.83.